The summed E-state index contributed by atoms with van der Waals surface area (Å²) in [6, 6.07) is 15.9. The number of hydrazone groups is 1. The van der Waals surface area contributed by atoms with Gasteiger partial charge in [0.25, 0.3) is 5.91 Å². The molecule has 2 heterocycles. The highest BCUT2D eigenvalue weighted by Gasteiger charge is 2.17. The van der Waals surface area contributed by atoms with Crippen molar-refractivity contribution in [1.29, 1.82) is 0 Å². The molecule has 0 aliphatic heterocycles. The van der Waals surface area contributed by atoms with Crippen LogP contribution in [0.25, 0.3) is 17.1 Å². The number of methoxy groups -OCH3 is 1. The minimum absolute atomic E-state index is 0.0451. The average molecular weight is 495 g/mol. The highest BCUT2D eigenvalue weighted by molar-refractivity contribution is 7.99. The van der Waals surface area contributed by atoms with Crippen LogP contribution in [0.3, 0.4) is 0 Å². The molecule has 11 heteroatoms. The number of thioether (sulfide) groups is 1. The number of halogens is 1. The number of carbonyl (C=O) groups is 1. The van der Waals surface area contributed by atoms with Gasteiger partial charge >= 0.3 is 0 Å². The fourth-order valence-electron chi connectivity index (χ4n) is 3.02. The highest BCUT2D eigenvalue weighted by atomic mass is 35.5. The van der Waals surface area contributed by atoms with Gasteiger partial charge in [-0.3, -0.25) is 14.3 Å². The van der Waals surface area contributed by atoms with Gasteiger partial charge in [0, 0.05) is 34.2 Å². The molecule has 0 spiro atoms. The van der Waals surface area contributed by atoms with E-state index >= 15 is 0 Å². The lowest BCUT2D eigenvalue weighted by molar-refractivity contribution is -0.118. The summed E-state index contributed by atoms with van der Waals surface area (Å²) in [6.07, 6.45) is 4.70. The van der Waals surface area contributed by atoms with Crippen LogP contribution in [0.15, 0.2) is 77.2 Å². The maximum atomic E-state index is 12.4. The first-order valence-electron chi connectivity index (χ1n) is 9.99. The number of hydrogen-bond donors (Lipinski definition) is 2. The Morgan fingerprint density at radius 1 is 1.18 bits per heavy atom. The van der Waals surface area contributed by atoms with Crippen molar-refractivity contribution in [3.05, 3.63) is 77.6 Å². The van der Waals surface area contributed by atoms with E-state index in [1.165, 1.54) is 25.1 Å². The summed E-state index contributed by atoms with van der Waals surface area (Å²) in [5, 5.41) is 23.7. The standard InChI is InChI=1S/C23H19ClN6O3S/c1-33-19-4-2-3-16(21(19)32)13-26-27-20(31)14-34-23-29-28-22(15-9-11-25-12-10-15)30(23)18-7-5-17(24)6-8-18/h2-13,32H,14H2,1H3,(H,27,31). The van der Waals surface area contributed by atoms with Crippen LogP contribution in [0.4, 0.5) is 0 Å². The Hall–Kier alpha value is -3.89. The normalized spacial score (nSPS) is 11.0. The van der Waals surface area contributed by atoms with Crippen LogP contribution in [-0.2, 0) is 4.79 Å². The van der Waals surface area contributed by atoms with Gasteiger partial charge in [-0.2, -0.15) is 5.10 Å². The Morgan fingerprint density at radius 3 is 2.68 bits per heavy atom. The van der Waals surface area contributed by atoms with Crippen LogP contribution in [0.1, 0.15) is 5.56 Å². The molecule has 0 aliphatic carbocycles. The molecule has 0 atom stereocenters. The SMILES string of the molecule is COc1cccc(C=NNC(=O)CSc2nnc(-c3ccncc3)n2-c2ccc(Cl)cc2)c1O. The number of phenols is 1. The van der Waals surface area contributed by atoms with Crippen molar-refractivity contribution in [1.82, 2.24) is 25.2 Å². The molecule has 2 aromatic heterocycles. The zero-order valence-electron chi connectivity index (χ0n) is 17.9. The zero-order chi connectivity index (χ0) is 23.9. The maximum absolute atomic E-state index is 12.4. The van der Waals surface area contributed by atoms with Crippen molar-refractivity contribution in [2.75, 3.05) is 12.9 Å². The van der Waals surface area contributed by atoms with Crippen LogP contribution >= 0.6 is 23.4 Å². The molecular formula is C23H19ClN6O3S. The molecule has 0 aliphatic rings. The van der Waals surface area contributed by atoms with Gasteiger partial charge in [-0.25, -0.2) is 5.43 Å². The van der Waals surface area contributed by atoms with Crippen LogP contribution in [0.2, 0.25) is 5.02 Å². The van der Waals surface area contributed by atoms with Gasteiger partial charge in [-0.1, -0.05) is 29.4 Å². The molecule has 34 heavy (non-hydrogen) atoms. The topological polar surface area (TPSA) is 115 Å². The van der Waals surface area contributed by atoms with Gasteiger partial charge in [-0.05, 0) is 48.5 Å². The summed E-state index contributed by atoms with van der Waals surface area (Å²) in [7, 11) is 1.46. The molecule has 0 fully saturated rings. The lowest BCUT2D eigenvalue weighted by atomic mass is 10.2. The lowest BCUT2D eigenvalue weighted by Crippen LogP contribution is -2.20. The number of amides is 1. The Bertz CT molecular complexity index is 1310. The second-order valence-electron chi connectivity index (χ2n) is 6.83. The molecule has 0 bridgehead atoms. The van der Waals surface area contributed by atoms with Gasteiger partial charge in [-0.15, -0.1) is 10.2 Å². The summed E-state index contributed by atoms with van der Waals surface area (Å²) >= 11 is 7.26. The molecule has 4 rings (SSSR count). The fraction of sp³-hybridized carbons (Fsp3) is 0.0870. The molecule has 0 radical (unpaired) electrons. The van der Waals surface area contributed by atoms with Gasteiger partial charge in [0.2, 0.25) is 0 Å². The number of aromatic hydroxyl groups is 1. The quantitative estimate of drug-likeness (QED) is 0.216. The Balaban J connectivity index is 1.49. The van der Waals surface area contributed by atoms with Gasteiger partial charge < -0.3 is 9.84 Å². The molecule has 0 unspecified atom stereocenters. The Kier molecular flexibility index (Phi) is 7.41. The van der Waals surface area contributed by atoms with Crippen LogP contribution in [0, 0.1) is 0 Å². The number of carbonyl (C=O) groups excluding carboxylic acids is 1. The number of pyridine rings is 1. The number of nitrogens with one attached hydrogen (secondary N) is 1. The molecular weight excluding hydrogens is 476 g/mol. The van der Waals surface area contributed by atoms with Gasteiger partial charge in [0.1, 0.15) is 0 Å². The van der Waals surface area contributed by atoms with E-state index in [4.69, 9.17) is 16.3 Å². The van der Waals surface area contributed by atoms with Crippen molar-refractivity contribution < 1.29 is 14.6 Å². The fourth-order valence-corrected chi connectivity index (χ4v) is 3.89. The lowest BCUT2D eigenvalue weighted by Gasteiger charge is -2.10. The molecule has 4 aromatic rings. The van der Waals surface area contributed by atoms with E-state index in [-0.39, 0.29) is 17.4 Å². The van der Waals surface area contributed by atoms with E-state index in [1.54, 1.807) is 42.7 Å². The molecule has 1 amide bonds. The molecule has 9 nitrogen and oxygen atoms in total. The first kappa shape index (κ1) is 23.3. The Labute approximate surface area is 204 Å². The van der Waals surface area contributed by atoms with Crippen molar-refractivity contribution in [2.45, 2.75) is 5.16 Å². The highest BCUT2D eigenvalue weighted by Crippen LogP contribution is 2.29. The largest absolute Gasteiger partial charge is 0.504 e. The van der Waals surface area contributed by atoms with E-state index in [0.717, 1.165) is 11.3 Å². The molecule has 2 aromatic carbocycles. The molecule has 0 saturated carbocycles. The van der Waals surface area contributed by atoms with E-state index in [0.29, 0.717) is 27.3 Å². The number of ether oxygens (including phenoxy) is 1. The first-order chi connectivity index (χ1) is 16.6. The summed E-state index contributed by atoms with van der Waals surface area (Å²) in [6.45, 7) is 0. The number of rotatable bonds is 8. The molecule has 0 saturated heterocycles. The minimum atomic E-state index is -0.347. The van der Waals surface area contributed by atoms with Crippen molar-refractivity contribution in [3.8, 4) is 28.6 Å². The number of aromatic nitrogens is 4. The van der Waals surface area contributed by atoms with E-state index in [1.807, 2.05) is 28.8 Å². The number of para-hydroxylation sites is 1. The van der Waals surface area contributed by atoms with Crippen molar-refractivity contribution in [2.24, 2.45) is 5.10 Å². The van der Waals surface area contributed by atoms with Crippen LogP contribution < -0.4 is 10.2 Å². The first-order valence-corrected chi connectivity index (χ1v) is 11.4. The predicted molar refractivity (Wildman–Crippen MR) is 131 cm³/mol. The van der Waals surface area contributed by atoms with Crippen LogP contribution in [-0.4, -0.2) is 49.8 Å². The number of benzene rings is 2. The monoisotopic (exact) mass is 494 g/mol. The number of nitrogens with zero attached hydrogens (tertiary/aromatic N) is 5. The zero-order valence-corrected chi connectivity index (χ0v) is 19.5. The second-order valence-corrected chi connectivity index (χ2v) is 8.21. The Morgan fingerprint density at radius 2 is 1.94 bits per heavy atom. The molecule has 172 valence electrons. The summed E-state index contributed by atoms with van der Waals surface area (Å²) in [4.78, 5) is 16.4. The van der Waals surface area contributed by atoms with E-state index < -0.39 is 0 Å². The second kappa shape index (κ2) is 10.8. The summed E-state index contributed by atoms with van der Waals surface area (Å²) < 4.78 is 6.91. The minimum Gasteiger partial charge on any atom is -0.504 e. The predicted octanol–water partition coefficient (Wildman–Crippen LogP) is 3.94. The number of phenolic OH excluding ortho intramolecular Hbond substituents is 1. The third-order valence-corrected chi connectivity index (χ3v) is 5.81. The van der Waals surface area contributed by atoms with Crippen molar-refractivity contribution in [3.63, 3.8) is 0 Å². The summed E-state index contributed by atoms with van der Waals surface area (Å²) in [5.74, 6) is 0.567. The molecule has 2 N–H and O–H groups in total. The van der Waals surface area contributed by atoms with Gasteiger partial charge in [0.15, 0.2) is 22.5 Å². The summed E-state index contributed by atoms with van der Waals surface area (Å²) in [5.41, 5.74) is 4.49. The maximum Gasteiger partial charge on any atom is 0.250 e. The average Bonchev–Trinajstić information content (AvgIpc) is 3.29. The third-order valence-electron chi connectivity index (χ3n) is 4.63. The van der Waals surface area contributed by atoms with E-state index in [9.17, 15) is 9.90 Å². The van der Waals surface area contributed by atoms with Gasteiger partial charge in [0.05, 0.1) is 19.1 Å². The number of hydrogen-bond acceptors (Lipinski definition) is 8. The van der Waals surface area contributed by atoms with Crippen LogP contribution in [0.5, 0.6) is 11.5 Å². The van der Waals surface area contributed by atoms with Crippen molar-refractivity contribution >= 4 is 35.5 Å². The van der Waals surface area contributed by atoms with E-state index in [2.05, 4.69) is 25.7 Å². The smallest absolute Gasteiger partial charge is 0.250 e. The third kappa shape index (κ3) is 5.36.